The zero-order chi connectivity index (χ0) is 16.8. The summed E-state index contributed by atoms with van der Waals surface area (Å²) in [5.74, 6) is 2.33. The predicted molar refractivity (Wildman–Crippen MR) is 90.3 cm³/mol. The van der Waals surface area contributed by atoms with Crippen LogP contribution in [0.15, 0.2) is 42.5 Å². The van der Waals surface area contributed by atoms with Crippen molar-refractivity contribution in [1.82, 2.24) is 5.32 Å². The van der Waals surface area contributed by atoms with Crippen LogP contribution in [-0.2, 0) is 11.3 Å². The van der Waals surface area contributed by atoms with Gasteiger partial charge in [-0.2, -0.15) is 0 Å². The number of rotatable bonds is 7. The van der Waals surface area contributed by atoms with Gasteiger partial charge in [-0.1, -0.05) is 23.8 Å². The van der Waals surface area contributed by atoms with Crippen LogP contribution in [0, 0.1) is 6.92 Å². The lowest BCUT2D eigenvalue weighted by Crippen LogP contribution is -2.22. The molecule has 0 aromatic heterocycles. The first-order valence-electron chi connectivity index (χ1n) is 8.05. The van der Waals surface area contributed by atoms with Crippen molar-refractivity contribution in [2.75, 3.05) is 13.4 Å². The monoisotopic (exact) mass is 327 g/mol. The van der Waals surface area contributed by atoms with Gasteiger partial charge in [0.1, 0.15) is 5.75 Å². The average Bonchev–Trinajstić information content (AvgIpc) is 3.06. The molecular formula is C19H21NO4. The minimum absolute atomic E-state index is 0.0140. The van der Waals surface area contributed by atoms with E-state index in [1.807, 2.05) is 49.4 Å². The van der Waals surface area contributed by atoms with Gasteiger partial charge in [-0.05, 0) is 43.2 Å². The Morgan fingerprint density at radius 3 is 2.75 bits per heavy atom. The molecule has 24 heavy (non-hydrogen) atoms. The second-order valence-electron chi connectivity index (χ2n) is 5.73. The fourth-order valence-electron chi connectivity index (χ4n) is 2.40. The van der Waals surface area contributed by atoms with Crippen molar-refractivity contribution in [3.8, 4) is 17.2 Å². The standard InChI is InChI=1S/C19H21NO4/c1-14-4-7-16(8-5-14)22-10-2-3-19(21)20-12-15-6-9-17-18(11-15)24-13-23-17/h4-9,11H,2-3,10,12-13H2,1H3,(H,20,21). The molecular weight excluding hydrogens is 306 g/mol. The quantitative estimate of drug-likeness (QED) is 0.794. The molecule has 0 bridgehead atoms. The van der Waals surface area contributed by atoms with E-state index >= 15 is 0 Å². The molecule has 1 aliphatic rings. The number of aryl methyl sites for hydroxylation is 1. The molecule has 2 aromatic rings. The molecule has 0 atom stereocenters. The maximum atomic E-state index is 11.9. The SMILES string of the molecule is Cc1ccc(OCCCC(=O)NCc2ccc3c(c2)OCO3)cc1. The maximum Gasteiger partial charge on any atom is 0.231 e. The van der Waals surface area contributed by atoms with Crippen molar-refractivity contribution in [1.29, 1.82) is 0 Å². The molecule has 5 heteroatoms. The largest absolute Gasteiger partial charge is 0.494 e. The molecule has 126 valence electrons. The number of carbonyl (C=O) groups is 1. The number of nitrogens with one attached hydrogen (secondary N) is 1. The molecule has 0 saturated carbocycles. The summed E-state index contributed by atoms with van der Waals surface area (Å²) in [6.07, 6.45) is 1.12. The van der Waals surface area contributed by atoms with Gasteiger partial charge in [-0.15, -0.1) is 0 Å². The van der Waals surface area contributed by atoms with Gasteiger partial charge in [-0.3, -0.25) is 4.79 Å². The number of carbonyl (C=O) groups excluding carboxylic acids is 1. The summed E-state index contributed by atoms with van der Waals surface area (Å²) in [5.41, 5.74) is 2.19. The number of benzene rings is 2. The van der Waals surface area contributed by atoms with Crippen LogP contribution in [0.25, 0.3) is 0 Å². The number of amides is 1. The van der Waals surface area contributed by atoms with Crippen LogP contribution in [0.2, 0.25) is 0 Å². The Kier molecular flexibility index (Phi) is 5.21. The number of hydrogen-bond acceptors (Lipinski definition) is 4. The number of ether oxygens (including phenoxy) is 3. The first-order chi connectivity index (χ1) is 11.7. The number of hydrogen-bond donors (Lipinski definition) is 1. The minimum atomic E-state index is 0.0140. The molecule has 1 N–H and O–H groups in total. The molecule has 1 aliphatic heterocycles. The van der Waals surface area contributed by atoms with Crippen LogP contribution < -0.4 is 19.5 Å². The van der Waals surface area contributed by atoms with Crippen LogP contribution in [-0.4, -0.2) is 19.3 Å². The summed E-state index contributed by atoms with van der Waals surface area (Å²) in [4.78, 5) is 11.9. The highest BCUT2D eigenvalue weighted by Gasteiger charge is 2.13. The zero-order valence-electron chi connectivity index (χ0n) is 13.7. The van der Waals surface area contributed by atoms with Crippen molar-refractivity contribution in [3.05, 3.63) is 53.6 Å². The first kappa shape index (κ1) is 16.2. The second kappa shape index (κ2) is 7.73. The van der Waals surface area contributed by atoms with Crippen LogP contribution in [0.1, 0.15) is 24.0 Å². The Labute approximate surface area is 141 Å². The second-order valence-corrected chi connectivity index (χ2v) is 5.73. The van der Waals surface area contributed by atoms with Crippen LogP contribution in [0.5, 0.6) is 17.2 Å². The molecule has 0 saturated heterocycles. The van der Waals surface area contributed by atoms with Gasteiger partial charge >= 0.3 is 0 Å². The molecule has 0 fully saturated rings. The highest BCUT2D eigenvalue weighted by molar-refractivity contribution is 5.75. The van der Waals surface area contributed by atoms with E-state index in [1.54, 1.807) is 0 Å². The van der Waals surface area contributed by atoms with Crippen molar-refractivity contribution < 1.29 is 19.0 Å². The van der Waals surface area contributed by atoms with Gasteiger partial charge in [0.2, 0.25) is 12.7 Å². The third-order valence-corrected chi connectivity index (χ3v) is 3.76. The summed E-state index contributed by atoms with van der Waals surface area (Å²) >= 11 is 0. The van der Waals surface area contributed by atoms with E-state index in [0.717, 1.165) is 22.8 Å². The van der Waals surface area contributed by atoms with Gasteiger partial charge in [-0.25, -0.2) is 0 Å². The minimum Gasteiger partial charge on any atom is -0.494 e. The third-order valence-electron chi connectivity index (χ3n) is 3.76. The van der Waals surface area contributed by atoms with Crippen LogP contribution >= 0.6 is 0 Å². The van der Waals surface area contributed by atoms with E-state index in [1.165, 1.54) is 5.56 Å². The predicted octanol–water partition coefficient (Wildman–Crippen LogP) is 3.20. The van der Waals surface area contributed by atoms with E-state index < -0.39 is 0 Å². The fraction of sp³-hybridized carbons (Fsp3) is 0.316. The van der Waals surface area contributed by atoms with E-state index in [2.05, 4.69) is 5.32 Å². The summed E-state index contributed by atoms with van der Waals surface area (Å²) in [6.45, 7) is 3.30. The molecule has 3 rings (SSSR count). The molecule has 0 radical (unpaired) electrons. The molecule has 0 unspecified atom stereocenters. The van der Waals surface area contributed by atoms with Crippen molar-refractivity contribution in [3.63, 3.8) is 0 Å². The Morgan fingerprint density at radius 2 is 1.92 bits per heavy atom. The van der Waals surface area contributed by atoms with Gasteiger partial charge in [0.25, 0.3) is 0 Å². The fourth-order valence-corrected chi connectivity index (χ4v) is 2.40. The summed E-state index contributed by atoms with van der Waals surface area (Å²) in [5, 5.41) is 2.91. The topological polar surface area (TPSA) is 56.8 Å². The Morgan fingerprint density at radius 1 is 1.12 bits per heavy atom. The van der Waals surface area contributed by atoms with Crippen LogP contribution in [0.3, 0.4) is 0 Å². The van der Waals surface area contributed by atoms with E-state index in [9.17, 15) is 4.79 Å². The van der Waals surface area contributed by atoms with Gasteiger partial charge < -0.3 is 19.5 Å². The Bertz CT molecular complexity index is 697. The highest BCUT2D eigenvalue weighted by atomic mass is 16.7. The Balaban J connectivity index is 1.34. The molecule has 0 spiro atoms. The summed E-state index contributed by atoms with van der Waals surface area (Å²) in [6, 6.07) is 13.6. The first-order valence-corrected chi connectivity index (χ1v) is 8.05. The zero-order valence-corrected chi connectivity index (χ0v) is 13.7. The molecule has 1 heterocycles. The lowest BCUT2D eigenvalue weighted by molar-refractivity contribution is -0.121. The van der Waals surface area contributed by atoms with Crippen molar-refractivity contribution >= 4 is 5.91 Å². The Hall–Kier alpha value is -2.69. The molecule has 5 nitrogen and oxygen atoms in total. The summed E-state index contributed by atoms with van der Waals surface area (Å²) in [7, 11) is 0. The molecule has 2 aromatic carbocycles. The van der Waals surface area contributed by atoms with E-state index in [-0.39, 0.29) is 12.7 Å². The van der Waals surface area contributed by atoms with Crippen molar-refractivity contribution in [2.45, 2.75) is 26.3 Å². The summed E-state index contributed by atoms with van der Waals surface area (Å²) < 4.78 is 16.2. The maximum absolute atomic E-state index is 11.9. The van der Waals surface area contributed by atoms with Gasteiger partial charge in [0, 0.05) is 13.0 Å². The molecule has 0 aliphatic carbocycles. The third kappa shape index (κ3) is 4.41. The van der Waals surface area contributed by atoms with E-state index in [0.29, 0.717) is 26.0 Å². The van der Waals surface area contributed by atoms with Gasteiger partial charge in [0.15, 0.2) is 11.5 Å². The lowest BCUT2D eigenvalue weighted by Gasteiger charge is -2.08. The smallest absolute Gasteiger partial charge is 0.231 e. The normalized spacial score (nSPS) is 12.0. The van der Waals surface area contributed by atoms with E-state index in [4.69, 9.17) is 14.2 Å². The lowest BCUT2D eigenvalue weighted by atomic mass is 10.2. The average molecular weight is 327 g/mol. The number of fused-ring (bicyclic) bond motifs is 1. The van der Waals surface area contributed by atoms with Gasteiger partial charge in [0.05, 0.1) is 6.61 Å². The molecule has 1 amide bonds. The van der Waals surface area contributed by atoms with Crippen molar-refractivity contribution in [2.24, 2.45) is 0 Å². The highest BCUT2D eigenvalue weighted by Crippen LogP contribution is 2.32. The van der Waals surface area contributed by atoms with Crippen LogP contribution in [0.4, 0.5) is 0 Å².